The van der Waals surface area contributed by atoms with Crippen molar-refractivity contribution in [2.75, 3.05) is 6.61 Å². The highest BCUT2D eigenvalue weighted by Crippen LogP contribution is 2.11. The molecule has 2 rings (SSSR count). The monoisotopic (exact) mass is 286 g/mol. The summed E-state index contributed by atoms with van der Waals surface area (Å²) in [6.45, 7) is 2.53. The predicted octanol–water partition coefficient (Wildman–Crippen LogP) is 1.97. The van der Waals surface area contributed by atoms with E-state index < -0.39 is 5.91 Å². The molecule has 0 aromatic heterocycles. The van der Waals surface area contributed by atoms with E-state index >= 15 is 0 Å². The molecule has 0 saturated carbocycles. The van der Waals surface area contributed by atoms with Gasteiger partial charge in [-0.3, -0.25) is 9.59 Å². The van der Waals surface area contributed by atoms with Crippen LogP contribution in [0.5, 0.6) is 5.75 Å². The lowest BCUT2D eigenvalue weighted by molar-refractivity contribution is 0.0992. The average Bonchev–Trinajstić information content (AvgIpc) is 2.50. The Morgan fingerprint density at radius 3 is 1.71 bits per heavy atom. The van der Waals surface area contributed by atoms with Gasteiger partial charge >= 0.3 is 0 Å². The lowest BCUT2D eigenvalue weighted by Gasteiger charge is -2.02. The molecule has 2 aromatic rings. The van der Waals surface area contributed by atoms with Crippen molar-refractivity contribution in [1.82, 2.24) is 0 Å². The Bertz CT molecular complexity index is 580. The molecule has 2 aromatic carbocycles. The van der Waals surface area contributed by atoms with Crippen LogP contribution in [0.3, 0.4) is 0 Å². The molecule has 5 heteroatoms. The Hall–Kier alpha value is -2.82. The van der Waals surface area contributed by atoms with Gasteiger partial charge in [0.2, 0.25) is 11.8 Å². The van der Waals surface area contributed by atoms with E-state index in [2.05, 4.69) is 0 Å². The van der Waals surface area contributed by atoms with Gasteiger partial charge in [0.15, 0.2) is 0 Å². The number of nitrogens with two attached hydrogens (primary N) is 2. The van der Waals surface area contributed by atoms with Gasteiger partial charge in [-0.1, -0.05) is 18.2 Å². The van der Waals surface area contributed by atoms with Crippen LogP contribution in [0.4, 0.5) is 0 Å². The highest BCUT2D eigenvalue weighted by Gasteiger charge is 1.98. The minimum atomic E-state index is -0.418. The van der Waals surface area contributed by atoms with Gasteiger partial charge in [0.05, 0.1) is 6.61 Å². The third-order valence-corrected chi connectivity index (χ3v) is 2.51. The van der Waals surface area contributed by atoms with E-state index in [1.165, 1.54) is 0 Å². The topological polar surface area (TPSA) is 95.4 Å². The van der Waals surface area contributed by atoms with Crippen molar-refractivity contribution in [2.45, 2.75) is 6.92 Å². The van der Waals surface area contributed by atoms with Crippen molar-refractivity contribution in [3.8, 4) is 5.75 Å². The number of primary amides is 2. The Morgan fingerprint density at radius 1 is 0.857 bits per heavy atom. The van der Waals surface area contributed by atoms with E-state index in [-0.39, 0.29) is 5.91 Å². The van der Waals surface area contributed by atoms with Crippen LogP contribution >= 0.6 is 0 Å². The van der Waals surface area contributed by atoms with Crippen LogP contribution in [0.25, 0.3) is 0 Å². The molecule has 0 aliphatic heterocycles. The summed E-state index contributed by atoms with van der Waals surface area (Å²) < 4.78 is 5.19. The van der Waals surface area contributed by atoms with Gasteiger partial charge in [-0.25, -0.2) is 0 Å². The van der Waals surface area contributed by atoms with Gasteiger partial charge in [0, 0.05) is 11.1 Å². The lowest BCUT2D eigenvalue weighted by atomic mass is 10.2. The fourth-order valence-electron chi connectivity index (χ4n) is 1.48. The Labute approximate surface area is 123 Å². The fraction of sp³-hybridized carbons (Fsp3) is 0.125. The number of carbonyl (C=O) groups excluding carboxylic acids is 2. The van der Waals surface area contributed by atoms with Gasteiger partial charge in [0.25, 0.3) is 0 Å². The van der Waals surface area contributed by atoms with Crippen molar-refractivity contribution < 1.29 is 14.3 Å². The van der Waals surface area contributed by atoms with E-state index in [0.29, 0.717) is 17.7 Å². The van der Waals surface area contributed by atoms with Crippen molar-refractivity contribution in [3.05, 3.63) is 65.7 Å². The molecule has 4 N–H and O–H groups in total. The molecule has 0 spiro atoms. The molecular formula is C16H18N2O3. The smallest absolute Gasteiger partial charge is 0.248 e. The number of amides is 2. The standard InChI is InChI=1S/C9H11NO2.C7H7NO/c1-2-12-8-5-3-7(4-6-8)9(10)11;8-7(9)6-4-2-1-3-5-6/h3-6H,2H2,1H3,(H2,10,11);1-5H,(H2,8,9). The van der Waals surface area contributed by atoms with Gasteiger partial charge in [0.1, 0.15) is 5.75 Å². The molecule has 0 unspecified atom stereocenters. The number of benzene rings is 2. The lowest BCUT2D eigenvalue weighted by Crippen LogP contribution is -2.10. The highest BCUT2D eigenvalue weighted by atomic mass is 16.5. The fourth-order valence-corrected chi connectivity index (χ4v) is 1.48. The third kappa shape index (κ3) is 5.78. The van der Waals surface area contributed by atoms with Crippen LogP contribution in [-0.2, 0) is 0 Å². The summed E-state index contributed by atoms with van der Waals surface area (Å²) in [6.07, 6.45) is 0. The second-order valence-electron chi connectivity index (χ2n) is 4.05. The zero-order chi connectivity index (χ0) is 15.7. The van der Waals surface area contributed by atoms with Crippen LogP contribution in [0, 0.1) is 0 Å². The molecule has 5 nitrogen and oxygen atoms in total. The van der Waals surface area contributed by atoms with Gasteiger partial charge in [-0.15, -0.1) is 0 Å². The maximum absolute atomic E-state index is 10.7. The van der Waals surface area contributed by atoms with Crippen molar-refractivity contribution in [2.24, 2.45) is 11.5 Å². The highest BCUT2D eigenvalue weighted by molar-refractivity contribution is 5.93. The van der Waals surface area contributed by atoms with E-state index in [1.807, 2.05) is 13.0 Å². The quantitative estimate of drug-likeness (QED) is 0.899. The summed E-state index contributed by atoms with van der Waals surface area (Å²) in [6, 6.07) is 15.5. The molecule has 0 aliphatic carbocycles. The zero-order valence-electron chi connectivity index (χ0n) is 11.8. The molecule has 21 heavy (non-hydrogen) atoms. The first-order chi connectivity index (χ1) is 10.0. The Balaban J connectivity index is 0.000000219. The van der Waals surface area contributed by atoms with Gasteiger partial charge in [-0.2, -0.15) is 0 Å². The zero-order valence-corrected chi connectivity index (χ0v) is 11.8. The Morgan fingerprint density at radius 2 is 1.33 bits per heavy atom. The minimum absolute atomic E-state index is 0.379. The third-order valence-electron chi connectivity index (χ3n) is 2.51. The number of hydrogen-bond acceptors (Lipinski definition) is 3. The number of carbonyl (C=O) groups is 2. The second-order valence-corrected chi connectivity index (χ2v) is 4.05. The van der Waals surface area contributed by atoms with Crippen LogP contribution in [0.2, 0.25) is 0 Å². The van der Waals surface area contributed by atoms with Crippen LogP contribution in [0.15, 0.2) is 54.6 Å². The summed E-state index contributed by atoms with van der Waals surface area (Å²) in [5, 5.41) is 0. The first-order valence-corrected chi connectivity index (χ1v) is 6.42. The molecule has 0 atom stereocenters. The summed E-state index contributed by atoms with van der Waals surface area (Å²) in [4.78, 5) is 21.1. The first kappa shape index (κ1) is 16.2. The summed E-state index contributed by atoms with van der Waals surface area (Å²) >= 11 is 0. The molecule has 0 fully saturated rings. The summed E-state index contributed by atoms with van der Waals surface area (Å²) in [5.41, 5.74) is 11.1. The predicted molar refractivity (Wildman–Crippen MR) is 81.1 cm³/mol. The molecule has 2 amide bonds. The maximum atomic E-state index is 10.7. The van der Waals surface area contributed by atoms with Crippen molar-refractivity contribution >= 4 is 11.8 Å². The average molecular weight is 286 g/mol. The largest absolute Gasteiger partial charge is 0.494 e. The van der Waals surface area contributed by atoms with Crippen LogP contribution in [-0.4, -0.2) is 18.4 Å². The van der Waals surface area contributed by atoms with E-state index in [4.69, 9.17) is 16.2 Å². The van der Waals surface area contributed by atoms with Crippen LogP contribution in [0.1, 0.15) is 27.6 Å². The molecule has 0 bridgehead atoms. The molecule has 0 saturated heterocycles. The van der Waals surface area contributed by atoms with E-state index in [0.717, 1.165) is 5.75 Å². The van der Waals surface area contributed by atoms with Crippen molar-refractivity contribution in [1.29, 1.82) is 0 Å². The number of rotatable bonds is 4. The normalized spacial score (nSPS) is 9.19. The maximum Gasteiger partial charge on any atom is 0.248 e. The molecular weight excluding hydrogens is 268 g/mol. The second kappa shape index (κ2) is 8.37. The molecule has 110 valence electrons. The van der Waals surface area contributed by atoms with E-state index in [1.54, 1.807) is 48.5 Å². The number of hydrogen-bond donors (Lipinski definition) is 2. The first-order valence-electron chi connectivity index (χ1n) is 6.42. The summed E-state index contributed by atoms with van der Waals surface area (Å²) in [5.74, 6) is -0.0452. The summed E-state index contributed by atoms with van der Waals surface area (Å²) in [7, 11) is 0. The Kier molecular flexibility index (Phi) is 6.47. The number of ether oxygens (including phenoxy) is 1. The SMILES string of the molecule is CCOc1ccc(C(N)=O)cc1.NC(=O)c1ccccc1. The van der Waals surface area contributed by atoms with Gasteiger partial charge in [-0.05, 0) is 43.3 Å². The molecule has 0 heterocycles. The minimum Gasteiger partial charge on any atom is -0.494 e. The van der Waals surface area contributed by atoms with Gasteiger partial charge < -0.3 is 16.2 Å². The molecule has 0 radical (unpaired) electrons. The van der Waals surface area contributed by atoms with E-state index in [9.17, 15) is 9.59 Å². The van der Waals surface area contributed by atoms with Crippen molar-refractivity contribution in [3.63, 3.8) is 0 Å². The van der Waals surface area contributed by atoms with Crippen LogP contribution < -0.4 is 16.2 Å². The molecule has 0 aliphatic rings.